The van der Waals surface area contributed by atoms with Gasteiger partial charge in [0.2, 0.25) is 0 Å². The van der Waals surface area contributed by atoms with Gasteiger partial charge in [0.05, 0.1) is 10.6 Å². The fraction of sp³-hybridized carbons (Fsp3) is 0.409. The molecule has 1 aliphatic heterocycles. The van der Waals surface area contributed by atoms with E-state index in [2.05, 4.69) is 44.8 Å². The minimum absolute atomic E-state index is 0. The predicted octanol–water partition coefficient (Wildman–Crippen LogP) is 2.91. The molecule has 6 nitrogen and oxygen atoms in total. The van der Waals surface area contributed by atoms with Crippen molar-refractivity contribution in [2.75, 3.05) is 32.4 Å². The molecule has 0 aliphatic carbocycles. The maximum atomic E-state index is 12.4. The topological polar surface area (TPSA) is 73.8 Å². The van der Waals surface area contributed by atoms with Gasteiger partial charge in [-0.15, -0.1) is 24.0 Å². The van der Waals surface area contributed by atoms with Crippen LogP contribution in [-0.4, -0.2) is 57.8 Å². The van der Waals surface area contributed by atoms with Crippen LogP contribution in [0.4, 0.5) is 0 Å². The molecule has 1 saturated heterocycles. The summed E-state index contributed by atoms with van der Waals surface area (Å²) in [7, 11) is -1.57. The van der Waals surface area contributed by atoms with Crippen LogP contribution in [0.15, 0.2) is 70.6 Å². The number of hydrogen-bond donors (Lipinski definition) is 2. The zero-order valence-electron chi connectivity index (χ0n) is 17.3. The molecule has 2 N–H and O–H groups in total. The standard InChI is InChI=1S/C22H30N4O2S.HI/c1-23-22(24-14-17-29(27,28)21-10-6-3-7-11-21)25-20-12-15-26(16-13-20)18-19-8-4-2-5-9-19;/h2-11,20H,12-18H2,1H3,(H2,23,24,25);1H. The predicted molar refractivity (Wildman–Crippen MR) is 133 cm³/mol. The summed E-state index contributed by atoms with van der Waals surface area (Å²) in [4.78, 5) is 7.07. The van der Waals surface area contributed by atoms with Gasteiger partial charge in [-0.3, -0.25) is 9.89 Å². The van der Waals surface area contributed by atoms with Crippen LogP contribution in [0.2, 0.25) is 0 Å². The number of sulfone groups is 1. The smallest absolute Gasteiger partial charge is 0.191 e. The van der Waals surface area contributed by atoms with Crippen molar-refractivity contribution >= 4 is 39.8 Å². The third-order valence-corrected chi connectivity index (χ3v) is 6.90. The minimum Gasteiger partial charge on any atom is -0.355 e. The number of rotatable bonds is 7. The number of guanidine groups is 1. The highest BCUT2D eigenvalue weighted by Gasteiger charge is 2.20. The molecule has 0 saturated carbocycles. The second-order valence-electron chi connectivity index (χ2n) is 7.31. The second kappa shape index (κ2) is 12.3. The van der Waals surface area contributed by atoms with Crippen molar-refractivity contribution in [3.63, 3.8) is 0 Å². The lowest BCUT2D eigenvalue weighted by atomic mass is 10.0. The monoisotopic (exact) mass is 542 g/mol. The summed E-state index contributed by atoms with van der Waals surface area (Å²) in [6.07, 6.45) is 2.08. The number of hydrogen-bond acceptors (Lipinski definition) is 4. The third kappa shape index (κ3) is 7.55. The van der Waals surface area contributed by atoms with E-state index >= 15 is 0 Å². The Balaban J connectivity index is 0.00000320. The van der Waals surface area contributed by atoms with E-state index in [4.69, 9.17) is 0 Å². The number of nitrogens with one attached hydrogen (secondary N) is 2. The zero-order valence-corrected chi connectivity index (χ0v) is 20.5. The molecule has 3 rings (SSSR count). The summed E-state index contributed by atoms with van der Waals surface area (Å²) < 4.78 is 24.7. The molecule has 30 heavy (non-hydrogen) atoms. The van der Waals surface area contributed by atoms with Gasteiger partial charge in [0.15, 0.2) is 15.8 Å². The highest BCUT2D eigenvalue weighted by molar-refractivity contribution is 14.0. The normalized spacial score (nSPS) is 16.0. The number of halogens is 1. The number of piperidine rings is 1. The Bertz CT molecular complexity index is 884. The van der Waals surface area contributed by atoms with Crippen molar-refractivity contribution in [1.82, 2.24) is 15.5 Å². The minimum atomic E-state index is -3.29. The summed E-state index contributed by atoms with van der Waals surface area (Å²) in [5, 5.41) is 6.57. The van der Waals surface area contributed by atoms with E-state index in [9.17, 15) is 8.42 Å². The summed E-state index contributed by atoms with van der Waals surface area (Å²) in [5.74, 6) is 0.697. The van der Waals surface area contributed by atoms with Gasteiger partial charge < -0.3 is 10.6 Å². The molecule has 0 unspecified atom stereocenters. The highest BCUT2D eigenvalue weighted by atomic mass is 127. The van der Waals surface area contributed by atoms with Crippen LogP contribution in [0.5, 0.6) is 0 Å². The number of likely N-dealkylation sites (tertiary alicyclic amines) is 1. The maximum absolute atomic E-state index is 12.4. The molecule has 0 atom stereocenters. The number of benzene rings is 2. The molecule has 8 heteroatoms. The summed E-state index contributed by atoms with van der Waals surface area (Å²) in [6, 6.07) is 19.4. The Morgan fingerprint density at radius 2 is 1.63 bits per heavy atom. The molecule has 2 aromatic carbocycles. The van der Waals surface area contributed by atoms with Gasteiger partial charge in [0.25, 0.3) is 0 Å². The second-order valence-corrected chi connectivity index (χ2v) is 9.42. The van der Waals surface area contributed by atoms with E-state index < -0.39 is 9.84 Å². The Morgan fingerprint density at radius 1 is 1.03 bits per heavy atom. The number of nitrogens with zero attached hydrogens (tertiary/aromatic N) is 2. The van der Waals surface area contributed by atoms with E-state index in [0.717, 1.165) is 32.5 Å². The zero-order chi connectivity index (χ0) is 20.5. The lowest BCUT2D eigenvalue weighted by Gasteiger charge is -2.33. The van der Waals surface area contributed by atoms with Crippen molar-refractivity contribution in [2.45, 2.75) is 30.3 Å². The molecular formula is C22H31IN4O2S. The van der Waals surface area contributed by atoms with Gasteiger partial charge >= 0.3 is 0 Å². The average Bonchev–Trinajstić information content (AvgIpc) is 2.75. The lowest BCUT2D eigenvalue weighted by Crippen LogP contribution is -2.49. The third-order valence-electron chi connectivity index (χ3n) is 5.17. The fourth-order valence-corrected chi connectivity index (χ4v) is 4.69. The van der Waals surface area contributed by atoms with Gasteiger partial charge in [-0.05, 0) is 30.5 Å². The fourth-order valence-electron chi connectivity index (χ4n) is 3.51. The first-order valence-corrected chi connectivity index (χ1v) is 11.7. The van der Waals surface area contributed by atoms with Crippen LogP contribution in [0, 0.1) is 0 Å². The van der Waals surface area contributed by atoms with Crippen LogP contribution in [0.25, 0.3) is 0 Å². The molecule has 0 radical (unpaired) electrons. The first-order chi connectivity index (χ1) is 14.1. The molecule has 0 bridgehead atoms. The molecule has 1 aliphatic rings. The molecule has 1 heterocycles. The first-order valence-electron chi connectivity index (χ1n) is 10.1. The Kier molecular flexibility index (Phi) is 10.1. The Morgan fingerprint density at radius 3 is 2.23 bits per heavy atom. The van der Waals surface area contributed by atoms with Gasteiger partial charge in [0, 0.05) is 39.3 Å². The maximum Gasteiger partial charge on any atom is 0.191 e. The van der Waals surface area contributed by atoms with Crippen molar-refractivity contribution in [1.29, 1.82) is 0 Å². The SMILES string of the molecule is CN=C(NCCS(=O)(=O)c1ccccc1)NC1CCN(Cc2ccccc2)CC1.I. The van der Waals surface area contributed by atoms with E-state index in [0.29, 0.717) is 23.4 Å². The van der Waals surface area contributed by atoms with Crippen LogP contribution < -0.4 is 10.6 Å². The van der Waals surface area contributed by atoms with E-state index in [1.54, 1.807) is 31.3 Å². The quantitative estimate of drug-likeness (QED) is 0.320. The van der Waals surface area contributed by atoms with Crippen molar-refractivity contribution in [2.24, 2.45) is 4.99 Å². The molecule has 0 spiro atoms. The summed E-state index contributed by atoms with van der Waals surface area (Å²) in [5.41, 5.74) is 1.34. The molecule has 1 fully saturated rings. The summed E-state index contributed by atoms with van der Waals surface area (Å²) >= 11 is 0. The van der Waals surface area contributed by atoms with Crippen molar-refractivity contribution in [3.05, 3.63) is 66.2 Å². The van der Waals surface area contributed by atoms with E-state index in [1.165, 1.54) is 5.56 Å². The first kappa shape index (κ1) is 24.6. The summed E-state index contributed by atoms with van der Waals surface area (Å²) in [6.45, 7) is 3.37. The lowest BCUT2D eigenvalue weighted by molar-refractivity contribution is 0.198. The van der Waals surface area contributed by atoms with Crippen LogP contribution in [0.1, 0.15) is 18.4 Å². The van der Waals surface area contributed by atoms with Gasteiger partial charge in [-0.2, -0.15) is 0 Å². The molecule has 164 valence electrons. The van der Waals surface area contributed by atoms with Crippen molar-refractivity contribution in [3.8, 4) is 0 Å². The van der Waals surface area contributed by atoms with Gasteiger partial charge in [0.1, 0.15) is 0 Å². The molecule has 0 aromatic heterocycles. The Labute approximate surface area is 197 Å². The van der Waals surface area contributed by atoms with Crippen LogP contribution >= 0.6 is 24.0 Å². The van der Waals surface area contributed by atoms with Crippen molar-refractivity contribution < 1.29 is 8.42 Å². The van der Waals surface area contributed by atoms with Crippen LogP contribution in [0.3, 0.4) is 0 Å². The molecule has 2 aromatic rings. The largest absolute Gasteiger partial charge is 0.355 e. The molecular weight excluding hydrogens is 511 g/mol. The van der Waals surface area contributed by atoms with E-state index in [1.807, 2.05) is 12.1 Å². The van der Waals surface area contributed by atoms with Gasteiger partial charge in [-0.25, -0.2) is 8.42 Å². The number of aliphatic imine (C=N–C) groups is 1. The highest BCUT2D eigenvalue weighted by Crippen LogP contribution is 2.14. The van der Waals surface area contributed by atoms with Gasteiger partial charge in [-0.1, -0.05) is 48.5 Å². The Hall–Kier alpha value is -1.65. The van der Waals surface area contributed by atoms with Crippen LogP contribution in [-0.2, 0) is 16.4 Å². The van der Waals surface area contributed by atoms with E-state index in [-0.39, 0.29) is 29.7 Å². The average molecular weight is 542 g/mol. The molecule has 0 amide bonds.